The van der Waals surface area contributed by atoms with Crippen LogP contribution in [0.1, 0.15) is 27.2 Å². The lowest BCUT2D eigenvalue weighted by Gasteiger charge is -2.43. The Kier molecular flexibility index (Phi) is 7.50. The van der Waals surface area contributed by atoms with E-state index in [1.54, 1.807) is 0 Å². The molecule has 174 valence electrons. The number of nitrogens with one attached hydrogen (secondary N) is 1. The lowest BCUT2D eigenvalue weighted by Crippen LogP contribution is -2.66. The van der Waals surface area contributed by atoms with Gasteiger partial charge in [-0.05, 0) is 21.8 Å². The van der Waals surface area contributed by atoms with E-state index in [-0.39, 0.29) is 11.6 Å². The number of H-pyrrole nitrogens is 1. The number of carbonyl (C=O) groups is 1. The van der Waals surface area contributed by atoms with Gasteiger partial charge in [0.15, 0.2) is 0 Å². The molecule has 3 N–H and O–H groups in total. The van der Waals surface area contributed by atoms with Gasteiger partial charge in [-0.3, -0.25) is 19.1 Å². The molecule has 2 aromatic carbocycles. The zero-order valence-electron chi connectivity index (χ0n) is 19.3. The number of nitrogens with two attached hydrogens (primary N) is 1. The van der Waals surface area contributed by atoms with Gasteiger partial charge in [0.1, 0.15) is 0 Å². The number of amides is 1. The van der Waals surface area contributed by atoms with Gasteiger partial charge in [0.25, 0.3) is 13.9 Å². The molecule has 1 aromatic heterocycles. The Bertz CT molecular complexity index is 1140. The number of rotatable bonds is 9. The van der Waals surface area contributed by atoms with E-state index in [1.165, 1.54) is 16.8 Å². The fraction of sp³-hybridized carbons (Fsp3) is 0.320. The summed E-state index contributed by atoms with van der Waals surface area (Å²) in [7, 11) is -2.73. The number of hydrogen-bond donors (Lipinski definition) is 2. The first-order valence-corrected chi connectivity index (χ1v) is 12.9. The minimum absolute atomic E-state index is 0.0784. The van der Waals surface area contributed by atoms with E-state index < -0.39 is 31.4 Å². The standard InChI is InChI=1S/C25H31N3O4Si/c1-25(2,3)33(20-10-6-4-7-11-20,21-12-8-5-9-13-21)32-17-15-19(23(26)30)18-28-16-14-22(29)27-24(28)31/h4-14,16,19H,15,17-18H2,1-3H3,(H2,26,30)(H,27,29,31). The van der Waals surface area contributed by atoms with Crippen LogP contribution in [-0.4, -0.2) is 30.4 Å². The van der Waals surface area contributed by atoms with Gasteiger partial charge in [0, 0.05) is 25.4 Å². The summed E-state index contributed by atoms with van der Waals surface area (Å²) in [6, 6.07) is 21.7. The van der Waals surface area contributed by atoms with E-state index in [4.69, 9.17) is 10.2 Å². The van der Waals surface area contributed by atoms with Crippen LogP contribution in [0, 0.1) is 5.92 Å². The average Bonchev–Trinajstić information content (AvgIpc) is 2.77. The van der Waals surface area contributed by atoms with Crippen LogP contribution in [0.15, 0.2) is 82.5 Å². The number of hydrogen-bond acceptors (Lipinski definition) is 4. The van der Waals surface area contributed by atoms with Crippen molar-refractivity contribution in [3.8, 4) is 0 Å². The first-order chi connectivity index (χ1) is 15.6. The molecule has 1 atom stereocenters. The normalized spacial score (nSPS) is 12.9. The summed E-state index contributed by atoms with van der Waals surface area (Å²) in [5, 5.41) is 2.11. The van der Waals surface area contributed by atoms with Crippen molar-refractivity contribution >= 4 is 24.6 Å². The number of nitrogens with zero attached hydrogens (tertiary/aromatic N) is 1. The highest BCUT2D eigenvalue weighted by Crippen LogP contribution is 2.36. The maximum atomic E-state index is 12.2. The average molecular weight is 466 g/mol. The largest absolute Gasteiger partial charge is 0.407 e. The molecule has 3 rings (SSSR count). The molecular formula is C25H31N3O4Si. The van der Waals surface area contributed by atoms with Gasteiger partial charge in [0.05, 0.1) is 5.92 Å². The van der Waals surface area contributed by atoms with Crippen molar-refractivity contribution in [2.45, 2.75) is 38.8 Å². The molecule has 1 amide bonds. The Morgan fingerprint density at radius 1 is 1.00 bits per heavy atom. The summed E-state index contributed by atoms with van der Waals surface area (Å²) < 4.78 is 8.11. The van der Waals surface area contributed by atoms with Gasteiger partial charge >= 0.3 is 5.69 Å². The zero-order valence-corrected chi connectivity index (χ0v) is 20.3. The minimum Gasteiger partial charge on any atom is -0.407 e. The molecular weight excluding hydrogens is 434 g/mol. The molecule has 7 nitrogen and oxygen atoms in total. The van der Waals surface area contributed by atoms with E-state index in [0.717, 1.165) is 10.4 Å². The van der Waals surface area contributed by atoms with Crippen molar-refractivity contribution in [1.82, 2.24) is 9.55 Å². The molecule has 0 saturated carbocycles. The molecule has 1 heterocycles. The first-order valence-electron chi connectivity index (χ1n) is 11.0. The summed E-state index contributed by atoms with van der Waals surface area (Å²) in [6.45, 7) is 6.94. The zero-order chi connectivity index (χ0) is 24.1. The van der Waals surface area contributed by atoms with E-state index in [9.17, 15) is 14.4 Å². The van der Waals surface area contributed by atoms with Crippen molar-refractivity contribution < 1.29 is 9.22 Å². The van der Waals surface area contributed by atoms with Gasteiger partial charge < -0.3 is 10.2 Å². The Labute approximate surface area is 194 Å². The van der Waals surface area contributed by atoms with Crippen LogP contribution < -0.4 is 27.4 Å². The Morgan fingerprint density at radius 2 is 1.55 bits per heavy atom. The molecule has 1 unspecified atom stereocenters. The fourth-order valence-electron chi connectivity index (χ4n) is 4.26. The second kappa shape index (κ2) is 10.1. The maximum absolute atomic E-state index is 12.2. The number of primary amides is 1. The second-order valence-electron chi connectivity index (χ2n) is 9.16. The predicted molar refractivity (Wildman–Crippen MR) is 132 cm³/mol. The van der Waals surface area contributed by atoms with E-state index in [0.29, 0.717) is 13.0 Å². The predicted octanol–water partition coefficient (Wildman–Crippen LogP) is 1.60. The van der Waals surface area contributed by atoms with Gasteiger partial charge in [0.2, 0.25) is 5.91 Å². The number of aromatic nitrogens is 2. The van der Waals surface area contributed by atoms with Crippen LogP contribution in [0.4, 0.5) is 0 Å². The SMILES string of the molecule is CC(C)(C)[Si](OCCC(Cn1ccc(=O)[nH]c1=O)C(N)=O)(c1ccccc1)c1ccccc1. The highest BCUT2D eigenvalue weighted by Gasteiger charge is 2.50. The molecule has 0 fully saturated rings. The third-order valence-electron chi connectivity index (χ3n) is 5.92. The molecule has 0 aliphatic carbocycles. The van der Waals surface area contributed by atoms with Gasteiger partial charge in [-0.2, -0.15) is 0 Å². The van der Waals surface area contributed by atoms with E-state index in [1.807, 2.05) is 36.4 Å². The van der Waals surface area contributed by atoms with Crippen LogP contribution in [0.5, 0.6) is 0 Å². The maximum Gasteiger partial charge on any atom is 0.328 e. The molecule has 0 aliphatic heterocycles. The molecule has 33 heavy (non-hydrogen) atoms. The third kappa shape index (κ3) is 5.40. The minimum atomic E-state index is -2.73. The molecule has 0 radical (unpaired) electrons. The molecule has 8 heteroatoms. The Morgan fingerprint density at radius 3 is 2.00 bits per heavy atom. The number of aromatic amines is 1. The summed E-state index contributed by atoms with van der Waals surface area (Å²) in [5.74, 6) is -1.13. The number of carbonyl (C=O) groups excluding carboxylic acids is 1. The summed E-state index contributed by atoms with van der Waals surface area (Å²) in [6.07, 6.45) is 1.73. The monoisotopic (exact) mass is 465 g/mol. The summed E-state index contributed by atoms with van der Waals surface area (Å²) in [4.78, 5) is 37.8. The first kappa shape index (κ1) is 24.4. The lowest BCUT2D eigenvalue weighted by molar-refractivity contribution is -0.122. The van der Waals surface area contributed by atoms with Crippen LogP contribution in [0.2, 0.25) is 5.04 Å². The van der Waals surface area contributed by atoms with Crippen LogP contribution in [0.25, 0.3) is 0 Å². The highest BCUT2D eigenvalue weighted by atomic mass is 28.4. The molecule has 0 spiro atoms. The van der Waals surface area contributed by atoms with Crippen molar-refractivity contribution in [2.75, 3.05) is 6.61 Å². The van der Waals surface area contributed by atoms with Crippen molar-refractivity contribution in [2.24, 2.45) is 11.7 Å². The van der Waals surface area contributed by atoms with E-state index in [2.05, 4.69) is 50.0 Å². The number of benzene rings is 2. The molecule has 3 aromatic rings. The van der Waals surface area contributed by atoms with Crippen LogP contribution >= 0.6 is 0 Å². The third-order valence-corrected chi connectivity index (χ3v) is 11.0. The van der Waals surface area contributed by atoms with Crippen LogP contribution in [0.3, 0.4) is 0 Å². The lowest BCUT2D eigenvalue weighted by atomic mass is 10.1. The van der Waals surface area contributed by atoms with Gasteiger partial charge in [-0.25, -0.2) is 4.79 Å². The summed E-state index contributed by atoms with van der Waals surface area (Å²) in [5.41, 5.74) is 4.60. The van der Waals surface area contributed by atoms with Gasteiger partial charge in [-0.15, -0.1) is 0 Å². The molecule has 0 bridgehead atoms. The van der Waals surface area contributed by atoms with Crippen molar-refractivity contribution in [3.63, 3.8) is 0 Å². The van der Waals surface area contributed by atoms with Crippen molar-refractivity contribution in [3.05, 3.63) is 93.8 Å². The summed E-state index contributed by atoms with van der Waals surface area (Å²) >= 11 is 0. The van der Waals surface area contributed by atoms with E-state index >= 15 is 0 Å². The second-order valence-corrected chi connectivity index (χ2v) is 13.5. The van der Waals surface area contributed by atoms with Crippen molar-refractivity contribution in [1.29, 1.82) is 0 Å². The van der Waals surface area contributed by atoms with Gasteiger partial charge in [-0.1, -0.05) is 81.4 Å². The smallest absolute Gasteiger partial charge is 0.328 e. The molecule has 0 saturated heterocycles. The Balaban J connectivity index is 1.91. The highest BCUT2D eigenvalue weighted by molar-refractivity contribution is 6.99. The fourth-order valence-corrected chi connectivity index (χ4v) is 8.84. The van der Waals surface area contributed by atoms with Crippen LogP contribution in [-0.2, 0) is 15.8 Å². The quantitative estimate of drug-likeness (QED) is 0.468. The molecule has 0 aliphatic rings. The Hall–Kier alpha value is -3.23. The topological polar surface area (TPSA) is 107 Å².